The number of H-pyrrole nitrogens is 1. The lowest BCUT2D eigenvalue weighted by molar-refractivity contribution is -0.122. The van der Waals surface area contributed by atoms with Crippen LogP contribution in [-0.2, 0) is 11.3 Å². The van der Waals surface area contributed by atoms with Gasteiger partial charge in [-0.2, -0.15) is 5.10 Å². The molecule has 1 saturated carbocycles. The van der Waals surface area contributed by atoms with E-state index in [0.29, 0.717) is 11.8 Å². The van der Waals surface area contributed by atoms with Crippen molar-refractivity contribution in [1.29, 1.82) is 0 Å². The third-order valence-electron chi connectivity index (χ3n) is 5.40. The van der Waals surface area contributed by atoms with Crippen LogP contribution in [0.4, 0.5) is 0 Å². The Morgan fingerprint density at radius 3 is 2.75 bits per heavy atom. The van der Waals surface area contributed by atoms with E-state index in [1.807, 2.05) is 6.92 Å². The number of likely N-dealkylation sites (tertiary alicyclic amines) is 1. The maximum Gasteiger partial charge on any atom is 0.220 e. The van der Waals surface area contributed by atoms with E-state index < -0.39 is 0 Å². The fourth-order valence-corrected chi connectivity index (χ4v) is 4.11. The first-order chi connectivity index (χ1) is 11.7. The monoisotopic (exact) mass is 333 g/mol. The molecule has 1 atom stereocenters. The minimum Gasteiger partial charge on any atom is -0.356 e. The molecule has 0 spiro atoms. The molecule has 1 unspecified atom stereocenters. The lowest BCUT2D eigenvalue weighted by Crippen LogP contribution is -2.41. The summed E-state index contributed by atoms with van der Waals surface area (Å²) in [6.07, 6.45) is 9.54. The number of rotatable bonds is 6. The Balaban J connectivity index is 1.37. The fourth-order valence-electron chi connectivity index (χ4n) is 4.11. The van der Waals surface area contributed by atoms with Crippen molar-refractivity contribution in [3.05, 3.63) is 11.6 Å². The average Bonchev–Trinajstić information content (AvgIpc) is 2.99. The first-order valence-electron chi connectivity index (χ1n) is 9.56. The number of aromatic nitrogens is 3. The van der Waals surface area contributed by atoms with Crippen molar-refractivity contribution in [1.82, 2.24) is 25.4 Å². The van der Waals surface area contributed by atoms with Crippen LogP contribution in [0, 0.1) is 18.8 Å². The minimum atomic E-state index is 0.253. The third-order valence-corrected chi connectivity index (χ3v) is 5.40. The van der Waals surface area contributed by atoms with Crippen LogP contribution in [0.3, 0.4) is 0 Å². The molecular formula is C18H31N5O. The number of amides is 1. The number of nitrogens with one attached hydrogen (secondary N) is 2. The predicted molar refractivity (Wildman–Crippen MR) is 93.3 cm³/mol. The molecule has 1 aliphatic heterocycles. The zero-order valence-electron chi connectivity index (χ0n) is 14.9. The number of piperidine rings is 1. The standard InChI is InChI=1S/C18H31N5O/c1-14-20-17(22-21-14)13-23-9-5-8-16(12-23)11-19-18(24)10-15-6-3-2-4-7-15/h15-16H,2-13H2,1H3,(H,19,24)(H,20,21,22). The molecule has 0 radical (unpaired) electrons. The molecule has 2 aliphatic rings. The van der Waals surface area contributed by atoms with Crippen molar-refractivity contribution in [2.45, 2.75) is 64.8 Å². The number of aryl methyl sites for hydroxylation is 1. The van der Waals surface area contributed by atoms with Crippen LogP contribution in [0.15, 0.2) is 0 Å². The van der Waals surface area contributed by atoms with Crippen LogP contribution < -0.4 is 5.32 Å². The van der Waals surface area contributed by atoms with E-state index in [-0.39, 0.29) is 5.91 Å². The van der Waals surface area contributed by atoms with Gasteiger partial charge < -0.3 is 5.32 Å². The molecule has 6 heteroatoms. The second-order valence-corrected chi connectivity index (χ2v) is 7.59. The molecule has 2 heterocycles. The van der Waals surface area contributed by atoms with Gasteiger partial charge in [-0.1, -0.05) is 19.3 Å². The number of hydrogen-bond acceptors (Lipinski definition) is 4. The SMILES string of the molecule is Cc1nc(CN2CCCC(CNC(=O)CC3CCCCC3)C2)n[nH]1. The minimum absolute atomic E-state index is 0.253. The number of carbonyl (C=O) groups is 1. The molecule has 1 aromatic heterocycles. The average molecular weight is 333 g/mol. The molecule has 1 saturated heterocycles. The molecule has 24 heavy (non-hydrogen) atoms. The van der Waals surface area contributed by atoms with E-state index in [2.05, 4.69) is 25.4 Å². The largest absolute Gasteiger partial charge is 0.356 e. The summed E-state index contributed by atoms with van der Waals surface area (Å²) in [5.74, 6) is 3.16. The van der Waals surface area contributed by atoms with Gasteiger partial charge in [0.05, 0.1) is 6.54 Å². The zero-order chi connectivity index (χ0) is 16.8. The lowest BCUT2D eigenvalue weighted by atomic mass is 9.87. The van der Waals surface area contributed by atoms with Crippen molar-refractivity contribution in [2.24, 2.45) is 11.8 Å². The van der Waals surface area contributed by atoms with E-state index in [1.54, 1.807) is 0 Å². The van der Waals surface area contributed by atoms with Gasteiger partial charge in [0, 0.05) is 19.5 Å². The summed E-state index contributed by atoms with van der Waals surface area (Å²) in [5.41, 5.74) is 0. The number of hydrogen-bond donors (Lipinski definition) is 2. The molecule has 0 bridgehead atoms. The number of carbonyl (C=O) groups excluding carboxylic acids is 1. The highest BCUT2D eigenvalue weighted by molar-refractivity contribution is 5.76. The van der Waals surface area contributed by atoms with E-state index in [1.165, 1.54) is 44.9 Å². The summed E-state index contributed by atoms with van der Waals surface area (Å²) in [4.78, 5) is 19.0. The molecule has 1 amide bonds. The van der Waals surface area contributed by atoms with E-state index in [4.69, 9.17) is 0 Å². The van der Waals surface area contributed by atoms with E-state index in [9.17, 15) is 4.79 Å². The van der Waals surface area contributed by atoms with Crippen LogP contribution in [0.25, 0.3) is 0 Å². The number of nitrogens with zero attached hydrogens (tertiary/aromatic N) is 3. The van der Waals surface area contributed by atoms with Gasteiger partial charge in [0.2, 0.25) is 5.91 Å². The first-order valence-corrected chi connectivity index (χ1v) is 9.56. The Hall–Kier alpha value is -1.43. The highest BCUT2D eigenvalue weighted by Crippen LogP contribution is 2.26. The van der Waals surface area contributed by atoms with Gasteiger partial charge in [-0.25, -0.2) is 4.98 Å². The maximum absolute atomic E-state index is 12.2. The van der Waals surface area contributed by atoms with Crippen LogP contribution in [-0.4, -0.2) is 45.6 Å². The molecule has 0 aromatic carbocycles. The van der Waals surface area contributed by atoms with Gasteiger partial charge in [0.25, 0.3) is 0 Å². The van der Waals surface area contributed by atoms with Gasteiger partial charge in [-0.05, 0) is 51.0 Å². The van der Waals surface area contributed by atoms with Gasteiger partial charge in [-0.15, -0.1) is 0 Å². The third kappa shape index (κ3) is 5.30. The maximum atomic E-state index is 12.2. The van der Waals surface area contributed by atoms with Crippen LogP contribution >= 0.6 is 0 Å². The molecule has 134 valence electrons. The zero-order valence-corrected chi connectivity index (χ0v) is 14.9. The number of aromatic amines is 1. The van der Waals surface area contributed by atoms with Gasteiger partial charge in [0.15, 0.2) is 5.82 Å². The summed E-state index contributed by atoms with van der Waals surface area (Å²) >= 11 is 0. The van der Waals surface area contributed by atoms with Gasteiger partial charge in [0.1, 0.15) is 5.82 Å². The topological polar surface area (TPSA) is 73.9 Å². The van der Waals surface area contributed by atoms with Gasteiger partial charge in [-0.3, -0.25) is 14.8 Å². The van der Waals surface area contributed by atoms with Crippen molar-refractivity contribution in [2.75, 3.05) is 19.6 Å². The van der Waals surface area contributed by atoms with Crippen molar-refractivity contribution in [3.63, 3.8) is 0 Å². The normalized spacial score (nSPS) is 23.3. The Labute approximate surface area is 144 Å². The second kappa shape index (κ2) is 8.60. The van der Waals surface area contributed by atoms with Crippen LogP contribution in [0.1, 0.15) is 63.0 Å². The molecule has 2 N–H and O–H groups in total. The fraction of sp³-hybridized carbons (Fsp3) is 0.833. The lowest BCUT2D eigenvalue weighted by Gasteiger charge is -2.32. The summed E-state index contributed by atoms with van der Waals surface area (Å²) in [5, 5.41) is 10.3. The van der Waals surface area contributed by atoms with E-state index >= 15 is 0 Å². The molecule has 1 aromatic rings. The first kappa shape index (κ1) is 17.4. The van der Waals surface area contributed by atoms with Crippen molar-refractivity contribution < 1.29 is 4.79 Å². The molecule has 2 fully saturated rings. The molecular weight excluding hydrogens is 302 g/mol. The molecule has 6 nitrogen and oxygen atoms in total. The Bertz CT molecular complexity index is 523. The Morgan fingerprint density at radius 2 is 2.00 bits per heavy atom. The summed E-state index contributed by atoms with van der Waals surface area (Å²) in [6.45, 7) is 5.67. The highest BCUT2D eigenvalue weighted by Gasteiger charge is 2.22. The van der Waals surface area contributed by atoms with Gasteiger partial charge >= 0.3 is 0 Å². The van der Waals surface area contributed by atoms with E-state index in [0.717, 1.165) is 44.2 Å². The molecule has 1 aliphatic carbocycles. The highest BCUT2D eigenvalue weighted by atomic mass is 16.1. The Morgan fingerprint density at radius 1 is 1.21 bits per heavy atom. The predicted octanol–water partition coefficient (Wildman–Crippen LogP) is 2.41. The Kier molecular flexibility index (Phi) is 6.24. The quantitative estimate of drug-likeness (QED) is 0.838. The summed E-state index contributed by atoms with van der Waals surface area (Å²) in [7, 11) is 0. The smallest absolute Gasteiger partial charge is 0.220 e. The van der Waals surface area contributed by atoms with Crippen molar-refractivity contribution >= 4 is 5.91 Å². The summed E-state index contributed by atoms with van der Waals surface area (Å²) < 4.78 is 0. The molecule has 3 rings (SSSR count). The second-order valence-electron chi connectivity index (χ2n) is 7.59. The van der Waals surface area contributed by atoms with Crippen LogP contribution in [0.2, 0.25) is 0 Å². The van der Waals surface area contributed by atoms with Crippen LogP contribution in [0.5, 0.6) is 0 Å². The summed E-state index contributed by atoms with van der Waals surface area (Å²) in [6, 6.07) is 0. The van der Waals surface area contributed by atoms with Crippen molar-refractivity contribution in [3.8, 4) is 0 Å².